The summed E-state index contributed by atoms with van der Waals surface area (Å²) in [5.74, 6) is 0.800. The van der Waals surface area contributed by atoms with Crippen molar-refractivity contribution in [3.8, 4) is 11.4 Å². The average Bonchev–Trinajstić information content (AvgIpc) is 2.69. The van der Waals surface area contributed by atoms with Gasteiger partial charge in [-0.15, -0.1) is 0 Å². The maximum absolute atomic E-state index is 11.7. The number of carbonyl (C=O) groups excluding carboxylic acids is 1. The Balaban J connectivity index is 1.93. The van der Waals surface area contributed by atoms with E-state index in [1.54, 1.807) is 6.08 Å². The molecule has 0 fully saturated rings. The lowest BCUT2D eigenvalue weighted by Crippen LogP contribution is -2.08. The highest BCUT2D eigenvalue weighted by Gasteiger charge is 2.04. The fourth-order valence-electron chi connectivity index (χ4n) is 2.31. The standard InChI is InChI=1S/C22H28N2O2/c1-4-6-7-19-14-23-22(24-15-19)20-11-8-18(9-12-20)10-13-21(25)26-16-17(3)5-2/h8-15,17H,4-7,16H2,1-3H3/b13-10+/t17-/m1/s1. The van der Waals surface area contributed by atoms with Crippen LogP contribution in [0.3, 0.4) is 0 Å². The van der Waals surface area contributed by atoms with Crippen LogP contribution in [0.15, 0.2) is 42.7 Å². The second kappa shape index (κ2) is 10.5. The van der Waals surface area contributed by atoms with Crippen LogP contribution in [0.5, 0.6) is 0 Å². The van der Waals surface area contributed by atoms with Gasteiger partial charge in [0, 0.05) is 24.0 Å². The number of nitrogens with zero attached hydrogens (tertiary/aromatic N) is 2. The third-order valence-electron chi connectivity index (χ3n) is 4.31. The number of unbranched alkanes of at least 4 members (excludes halogenated alkanes) is 1. The molecule has 4 nitrogen and oxygen atoms in total. The Morgan fingerprint density at radius 2 is 1.85 bits per heavy atom. The van der Waals surface area contributed by atoms with E-state index >= 15 is 0 Å². The topological polar surface area (TPSA) is 52.1 Å². The minimum atomic E-state index is -0.305. The summed E-state index contributed by atoms with van der Waals surface area (Å²) < 4.78 is 5.20. The minimum Gasteiger partial charge on any atom is -0.462 e. The van der Waals surface area contributed by atoms with Gasteiger partial charge in [0.1, 0.15) is 0 Å². The molecule has 1 heterocycles. The van der Waals surface area contributed by atoms with Gasteiger partial charge in [0.25, 0.3) is 0 Å². The summed E-state index contributed by atoms with van der Waals surface area (Å²) in [6.07, 6.45) is 11.4. The van der Waals surface area contributed by atoms with Crippen molar-refractivity contribution in [1.29, 1.82) is 0 Å². The zero-order chi connectivity index (χ0) is 18.8. The molecule has 1 aromatic carbocycles. The Hall–Kier alpha value is -2.49. The molecule has 0 spiro atoms. The van der Waals surface area contributed by atoms with E-state index in [2.05, 4.69) is 30.7 Å². The predicted octanol–water partition coefficient (Wildman–Crippen LogP) is 5.09. The van der Waals surface area contributed by atoms with Gasteiger partial charge < -0.3 is 4.74 Å². The van der Waals surface area contributed by atoms with E-state index < -0.39 is 0 Å². The number of benzene rings is 1. The highest BCUT2D eigenvalue weighted by atomic mass is 16.5. The number of rotatable bonds is 9. The van der Waals surface area contributed by atoms with Gasteiger partial charge in [-0.3, -0.25) is 0 Å². The van der Waals surface area contributed by atoms with Crippen molar-refractivity contribution < 1.29 is 9.53 Å². The number of hydrogen-bond acceptors (Lipinski definition) is 4. The predicted molar refractivity (Wildman–Crippen MR) is 106 cm³/mol. The molecule has 0 bridgehead atoms. The molecule has 2 rings (SSSR count). The second-order valence-corrected chi connectivity index (χ2v) is 6.62. The molecule has 0 aliphatic rings. The lowest BCUT2D eigenvalue weighted by atomic mass is 10.1. The monoisotopic (exact) mass is 352 g/mol. The zero-order valence-electron chi connectivity index (χ0n) is 15.9. The first-order valence-corrected chi connectivity index (χ1v) is 9.38. The normalized spacial score (nSPS) is 12.3. The van der Waals surface area contributed by atoms with Crippen molar-refractivity contribution in [2.45, 2.75) is 46.5 Å². The Kier molecular flexibility index (Phi) is 8.00. The number of ether oxygens (including phenoxy) is 1. The summed E-state index contributed by atoms with van der Waals surface area (Å²) in [5, 5.41) is 0. The molecule has 26 heavy (non-hydrogen) atoms. The SMILES string of the molecule is CCCCc1cnc(-c2ccc(/C=C/C(=O)OC[C@H](C)CC)cc2)nc1. The third-order valence-corrected chi connectivity index (χ3v) is 4.31. The summed E-state index contributed by atoms with van der Waals surface area (Å²) in [4.78, 5) is 20.6. The molecule has 0 aliphatic heterocycles. The Morgan fingerprint density at radius 1 is 1.15 bits per heavy atom. The maximum Gasteiger partial charge on any atom is 0.330 e. The number of esters is 1. The molecule has 138 valence electrons. The molecular weight excluding hydrogens is 324 g/mol. The summed E-state index contributed by atoms with van der Waals surface area (Å²) in [7, 11) is 0. The van der Waals surface area contributed by atoms with E-state index in [0.717, 1.165) is 30.4 Å². The molecule has 0 radical (unpaired) electrons. The van der Waals surface area contributed by atoms with Crippen LogP contribution in [0.25, 0.3) is 17.5 Å². The molecule has 2 aromatic rings. The molecule has 1 aromatic heterocycles. The fraction of sp³-hybridized carbons (Fsp3) is 0.409. The molecule has 0 saturated heterocycles. The average molecular weight is 352 g/mol. The van der Waals surface area contributed by atoms with E-state index in [0.29, 0.717) is 18.3 Å². The summed E-state index contributed by atoms with van der Waals surface area (Å²) in [6.45, 7) is 6.79. The first-order valence-electron chi connectivity index (χ1n) is 9.38. The van der Waals surface area contributed by atoms with E-state index in [1.807, 2.05) is 36.7 Å². The van der Waals surface area contributed by atoms with Crippen LogP contribution in [-0.4, -0.2) is 22.5 Å². The summed E-state index contributed by atoms with van der Waals surface area (Å²) in [6, 6.07) is 7.82. The lowest BCUT2D eigenvalue weighted by Gasteiger charge is -2.07. The molecular formula is C22H28N2O2. The van der Waals surface area contributed by atoms with Crippen molar-refractivity contribution in [2.24, 2.45) is 5.92 Å². The summed E-state index contributed by atoms with van der Waals surface area (Å²) in [5.41, 5.74) is 3.07. The van der Waals surface area contributed by atoms with Gasteiger partial charge in [-0.05, 0) is 36.0 Å². The summed E-state index contributed by atoms with van der Waals surface area (Å²) >= 11 is 0. The van der Waals surface area contributed by atoms with Gasteiger partial charge in [0.15, 0.2) is 5.82 Å². The van der Waals surface area contributed by atoms with Crippen LogP contribution < -0.4 is 0 Å². The highest BCUT2D eigenvalue weighted by Crippen LogP contribution is 2.16. The molecule has 0 N–H and O–H groups in total. The van der Waals surface area contributed by atoms with Gasteiger partial charge in [-0.25, -0.2) is 14.8 Å². The molecule has 0 aliphatic carbocycles. The molecule has 1 atom stereocenters. The van der Waals surface area contributed by atoms with Gasteiger partial charge >= 0.3 is 5.97 Å². The second-order valence-electron chi connectivity index (χ2n) is 6.62. The highest BCUT2D eigenvalue weighted by molar-refractivity contribution is 5.87. The van der Waals surface area contributed by atoms with Crippen LogP contribution in [0.2, 0.25) is 0 Å². The molecule has 0 amide bonds. The van der Waals surface area contributed by atoms with Crippen LogP contribution in [0.4, 0.5) is 0 Å². The van der Waals surface area contributed by atoms with Crippen molar-refractivity contribution in [1.82, 2.24) is 9.97 Å². The number of aromatic nitrogens is 2. The Bertz CT molecular complexity index is 706. The van der Waals surface area contributed by atoms with Gasteiger partial charge in [-0.1, -0.05) is 57.9 Å². The van der Waals surface area contributed by atoms with Crippen molar-refractivity contribution in [3.05, 3.63) is 53.9 Å². The van der Waals surface area contributed by atoms with Crippen LogP contribution in [-0.2, 0) is 16.0 Å². The Morgan fingerprint density at radius 3 is 2.46 bits per heavy atom. The van der Waals surface area contributed by atoms with Crippen LogP contribution in [0, 0.1) is 5.92 Å². The van der Waals surface area contributed by atoms with Crippen LogP contribution in [0.1, 0.15) is 51.2 Å². The van der Waals surface area contributed by atoms with E-state index in [1.165, 1.54) is 18.1 Å². The Labute approximate surface area is 156 Å². The first kappa shape index (κ1) is 19.8. The van der Waals surface area contributed by atoms with Gasteiger partial charge in [-0.2, -0.15) is 0 Å². The largest absolute Gasteiger partial charge is 0.462 e. The minimum absolute atomic E-state index is 0.305. The van der Waals surface area contributed by atoms with E-state index in [-0.39, 0.29) is 5.97 Å². The van der Waals surface area contributed by atoms with Crippen molar-refractivity contribution in [3.63, 3.8) is 0 Å². The number of carbonyl (C=O) groups is 1. The van der Waals surface area contributed by atoms with Crippen molar-refractivity contribution in [2.75, 3.05) is 6.61 Å². The third kappa shape index (κ3) is 6.43. The maximum atomic E-state index is 11.7. The number of hydrogen-bond donors (Lipinski definition) is 0. The smallest absolute Gasteiger partial charge is 0.330 e. The van der Waals surface area contributed by atoms with Gasteiger partial charge in [0.2, 0.25) is 0 Å². The van der Waals surface area contributed by atoms with Crippen molar-refractivity contribution >= 4 is 12.0 Å². The molecule has 0 unspecified atom stereocenters. The van der Waals surface area contributed by atoms with E-state index in [9.17, 15) is 4.79 Å². The molecule has 4 heteroatoms. The zero-order valence-corrected chi connectivity index (χ0v) is 15.9. The lowest BCUT2D eigenvalue weighted by molar-refractivity contribution is -0.138. The number of aryl methyl sites for hydroxylation is 1. The van der Waals surface area contributed by atoms with Gasteiger partial charge in [0.05, 0.1) is 6.61 Å². The van der Waals surface area contributed by atoms with E-state index in [4.69, 9.17) is 4.74 Å². The quantitative estimate of drug-likeness (QED) is 0.466. The van der Waals surface area contributed by atoms with Crippen LogP contribution >= 0.6 is 0 Å². The fourth-order valence-corrected chi connectivity index (χ4v) is 2.31. The first-order chi connectivity index (χ1) is 12.6. The molecule has 0 saturated carbocycles.